The molecule has 1 aromatic rings. The summed E-state index contributed by atoms with van der Waals surface area (Å²) < 4.78 is 38.5. The number of alkyl halides is 3. The summed E-state index contributed by atoms with van der Waals surface area (Å²) in [5, 5.41) is 3.22. The summed E-state index contributed by atoms with van der Waals surface area (Å²) in [6.45, 7) is 0.727. The quantitative estimate of drug-likeness (QED) is 0.769. The Hall–Kier alpha value is -1.03. The van der Waals surface area contributed by atoms with Crippen LogP contribution >= 0.6 is 0 Å². The van der Waals surface area contributed by atoms with Crippen LogP contribution in [-0.2, 0) is 0 Å². The molecule has 2 aliphatic carbocycles. The molecule has 2 fully saturated rings. The van der Waals surface area contributed by atoms with Gasteiger partial charge in [0.2, 0.25) is 0 Å². The third-order valence-electron chi connectivity index (χ3n) is 4.69. The Morgan fingerprint density at radius 3 is 2.05 bits per heavy atom. The van der Waals surface area contributed by atoms with Gasteiger partial charge in [-0.25, -0.2) is 0 Å². The molecule has 0 heterocycles. The molecular weight excluding hydrogens is 275 g/mol. The summed E-state index contributed by atoms with van der Waals surface area (Å²) in [6.07, 6.45) is 0.119. The molecule has 0 radical (unpaired) electrons. The minimum Gasteiger partial charge on any atom is -0.309 e. The lowest BCUT2D eigenvalue weighted by atomic mass is 9.96. The third kappa shape index (κ3) is 4.47. The molecule has 0 spiro atoms. The van der Waals surface area contributed by atoms with Gasteiger partial charge in [-0.05, 0) is 55.5 Å². The molecule has 1 atom stereocenters. The molecule has 1 nitrogen and oxygen atoms in total. The van der Waals surface area contributed by atoms with Crippen LogP contribution in [0.3, 0.4) is 0 Å². The lowest BCUT2D eigenvalue weighted by Gasteiger charge is -2.24. The van der Waals surface area contributed by atoms with E-state index < -0.39 is 18.6 Å². The van der Waals surface area contributed by atoms with Gasteiger partial charge < -0.3 is 5.32 Å². The average molecular weight is 297 g/mol. The molecular formula is C17H22F3N. The third-order valence-corrected chi connectivity index (χ3v) is 4.69. The van der Waals surface area contributed by atoms with Crippen LogP contribution in [0, 0.1) is 17.8 Å². The Morgan fingerprint density at radius 2 is 1.57 bits per heavy atom. The van der Waals surface area contributed by atoms with Crippen LogP contribution in [0.1, 0.15) is 43.7 Å². The van der Waals surface area contributed by atoms with Gasteiger partial charge in [-0.3, -0.25) is 0 Å². The van der Waals surface area contributed by atoms with E-state index in [0.29, 0.717) is 5.92 Å². The summed E-state index contributed by atoms with van der Waals surface area (Å²) >= 11 is 0. The first-order chi connectivity index (χ1) is 10.0. The van der Waals surface area contributed by atoms with Crippen molar-refractivity contribution >= 4 is 0 Å². The van der Waals surface area contributed by atoms with E-state index in [4.69, 9.17) is 0 Å². The van der Waals surface area contributed by atoms with Crippen LogP contribution in [0.15, 0.2) is 30.3 Å². The molecule has 1 aromatic carbocycles. The van der Waals surface area contributed by atoms with Crippen molar-refractivity contribution in [1.82, 2.24) is 5.32 Å². The maximum absolute atomic E-state index is 12.8. The number of benzene rings is 1. The van der Waals surface area contributed by atoms with E-state index in [2.05, 4.69) is 5.32 Å². The number of halogens is 3. The van der Waals surface area contributed by atoms with Crippen molar-refractivity contribution in [1.29, 1.82) is 0 Å². The molecule has 0 aromatic heterocycles. The molecule has 0 bridgehead atoms. The zero-order valence-electron chi connectivity index (χ0n) is 12.1. The fourth-order valence-electron chi connectivity index (χ4n) is 3.27. The van der Waals surface area contributed by atoms with Gasteiger partial charge in [0.1, 0.15) is 0 Å². The SMILES string of the molecule is FC(F)(F)CC(NCC(C1CC1)C1CC1)c1ccccc1. The van der Waals surface area contributed by atoms with E-state index in [1.54, 1.807) is 24.3 Å². The van der Waals surface area contributed by atoms with Crippen molar-refractivity contribution in [2.45, 2.75) is 44.3 Å². The standard InChI is InChI=1S/C17H22F3N/c18-17(19,20)10-16(14-4-2-1-3-5-14)21-11-15(12-6-7-12)13-8-9-13/h1-5,12-13,15-16,21H,6-11H2. The topological polar surface area (TPSA) is 12.0 Å². The van der Waals surface area contributed by atoms with Crippen molar-refractivity contribution in [3.8, 4) is 0 Å². The molecule has 3 rings (SSSR count). The highest BCUT2D eigenvalue weighted by atomic mass is 19.4. The van der Waals surface area contributed by atoms with Crippen LogP contribution in [0.2, 0.25) is 0 Å². The van der Waals surface area contributed by atoms with Crippen molar-refractivity contribution in [3.63, 3.8) is 0 Å². The van der Waals surface area contributed by atoms with Gasteiger partial charge in [-0.15, -0.1) is 0 Å². The lowest BCUT2D eigenvalue weighted by molar-refractivity contribution is -0.140. The van der Waals surface area contributed by atoms with Crippen LogP contribution in [0.5, 0.6) is 0 Å². The van der Waals surface area contributed by atoms with Crippen molar-refractivity contribution in [2.24, 2.45) is 17.8 Å². The lowest BCUT2D eigenvalue weighted by Crippen LogP contribution is -2.32. The smallest absolute Gasteiger partial charge is 0.309 e. The maximum atomic E-state index is 12.8. The molecule has 2 aliphatic rings. The van der Waals surface area contributed by atoms with E-state index in [9.17, 15) is 13.2 Å². The van der Waals surface area contributed by atoms with Gasteiger partial charge in [0, 0.05) is 6.04 Å². The van der Waals surface area contributed by atoms with E-state index in [0.717, 1.165) is 23.9 Å². The first-order valence-corrected chi connectivity index (χ1v) is 7.88. The van der Waals surface area contributed by atoms with Gasteiger partial charge in [-0.1, -0.05) is 30.3 Å². The van der Waals surface area contributed by atoms with Gasteiger partial charge in [-0.2, -0.15) is 13.2 Å². The van der Waals surface area contributed by atoms with Crippen LogP contribution < -0.4 is 5.32 Å². The normalized spacial score (nSPS) is 20.8. The fraction of sp³-hybridized carbons (Fsp3) is 0.647. The highest BCUT2D eigenvalue weighted by molar-refractivity contribution is 5.19. The summed E-state index contributed by atoms with van der Waals surface area (Å²) in [7, 11) is 0. The van der Waals surface area contributed by atoms with E-state index in [1.807, 2.05) is 6.07 Å². The van der Waals surface area contributed by atoms with Gasteiger partial charge in [0.15, 0.2) is 0 Å². The molecule has 1 N–H and O–H groups in total. The second kappa shape index (κ2) is 5.99. The van der Waals surface area contributed by atoms with Crippen LogP contribution in [-0.4, -0.2) is 12.7 Å². The molecule has 21 heavy (non-hydrogen) atoms. The Morgan fingerprint density at radius 1 is 1.00 bits per heavy atom. The van der Waals surface area contributed by atoms with E-state index in [-0.39, 0.29) is 0 Å². The summed E-state index contributed by atoms with van der Waals surface area (Å²) in [4.78, 5) is 0. The van der Waals surface area contributed by atoms with Gasteiger partial charge in [0.05, 0.1) is 6.42 Å². The second-order valence-electron chi connectivity index (χ2n) is 6.53. The first-order valence-electron chi connectivity index (χ1n) is 7.88. The van der Waals surface area contributed by atoms with Crippen molar-refractivity contribution in [2.75, 3.05) is 6.54 Å². The minimum absolute atomic E-state index is 0.587. The Kier molecular flexibility index (Phi) is 4.25. The zero-order valence-corrected chi connectivity index (χ0v) is 12.1. The average Bonchev–Trinajstić information content (AvgIpc) is 3.31. The van der Waals surface area contributed by atoms with Gasteiger partial charge in [0.25, 0.3) is 0 Å². The highest BCUT2D eigenvalue weighted by Crippen LogP contribution is 2.49. The van der Waals surface area contributed by atoms with Crippen LogP contribution in [0.25, 0.3) is 0 Å². The van der Waals surface area contributed by atoms with Gasteiger partial charge >= 0.3 is 6.18 Å². The Labute approximate surface area is 123 Å². The predicted octanol–water partition coefficient (Wildman–Crippen LogP) is 4.71. The minimum atomic E-state index is -4.14. The molecule has 0 aliphatic heterocycles. The summed E-state index contributed by atoms with van der Waals surface area (Å²) in [5.74, 6) is 2.10. The Balaban J connectivity index is 1.64. The first kappa shape index (κ1) is 14.9. The molecule has 116 valence electrons. The predicted molar refractivity (Wildman–Crippen MR) is 76.8 cm³/mol. The number of hydrogen-bond donors (Lipinski definition) is 1. The molecule has 1 unspecified atom stereocenters. The zero-order chi connectivity index (χ0) is 14.9. The monoisotopic (exact) mass is 297 g/mol. The van der Waals surface area contributed by atoms with Crippen molar-refractivity contribution < 1.29 is 13.2 Å². The molecule has 2 saturated carbocycles. The second-order valence-corrected chi connectivity index (χ2v) is 6.53. The number of hydrogen-bond acceptors (Lipinski definition) is 1. The molecule has 0 saturated heterocycles. The maximum Gasteiger partial charge on any atom is 0.390 e. The summed E-state index contributed by atoms with van der Waals surface area (Å²) in [6, 6.07) is 8.40. The largest absolute Gasteiger partial charge is 0.390 e. The van der Waals surface area contributed by atoms with Crippen molar-refractivity contribution in [3.05, 3.63) is 35.9 Å². The highest BCUT2D eigenvalue weighted by Gasteiger charge is 2.41. The van der Waals surface area contributed by atoms with E-state index >= 15 is 0 Å². The number of nitrogens with one attached hydrogen (secondary N) is 1. The van der Waals surface area contributed by atoms with E-state index in [1.165, 1.54) is 25.7 Å². The van der Waals surface area contributed by atoms with Crippen LogP contribution in [0.4, 0.5) is 13.2 Å². The fourth-order valence-corrected chi connectivity index (χ4v) is 3.27. The molecule has 4 heteroatoms. The molecule has 0 amide bonds. The number of rotatable bonds is 7. The summed E-state index contributed by atoms with van der Waals surface area (Å²) in [5.41, 5.74) is 0.736. The Bertz CT molecular complexity index is 437.